The molecule has 0 aliphatic heterocycles. The molecule has 1 aromatic carbocycles. The summed E-state index contributed by atoms with van der Waals surface area (Å²) >= 11 is 1.64. The number of pyridine rings is 1. The third-order valence-electron chi connectivity index (χ3n) is 3.41. The van der Waals surface area contributed by atoms with Crippen LogP contribution in [0.3, 0.4) is 0 Å². The lowest BCUT2D eigenvalue weighted by molar-refractivity contribution is 0.102. The van der Waals surface area contributed by atoms with Crippen LogP contribution in [0.15, 0.2) is 53.9 Å². The van der Waals surface area contributed by atoms with Gasteiger partial charge < -0.3 is 5.32 Å². The standard InChI is InChI=1S/C18H16N2OS/c1-12-5-7-14(8-6-12)20-18(21)15-9-10-16(19-13(15)2)17-4-3-11-22-17/h3-11H,1-2H3,(H,20,21). The lowest BCUT2D eigenvalue weighted by Crippen LogP contribution is -2.14. The Bertz CT molecular complexity index is 792. The minimum absolute atomic E-state index is 0.133. The number of carbonyl (C=O) groups is 1. The maximum Gasteiger partial charge on any atom is 0.257 e. The number of thiophene rings is 1. The molecule has 0 bridgehead atoms. The van der Waals surface area contributed by atoms with E-state index in [4.69, 9.17) is 0 Å². The second-order valence-electron chi connectivity index (χ2n) is 5.13. The average molecular weight is 308 g/mol. The first-order valence-corrected chi connectivity index (χ1v) is 7.91. The summed E-state index contributed by atoms with van der Waals surface area (Å²) < 4.78 is 0. The van der Waals surface area contributed by atoms with Gasteiger partial charge in [-0.3, -0.25) is 9.78 Å². The van der Waals surface area contributed by atoms with Crippen LogP contribution in [0.1, 0.15) is 21.6 Å². The molecule has 3 aromatic rings. The number of aromatic nitrogens is 1. The van der Waals surface area contributed by atoms with E-state index in [1.54, 1.807) is 11.3 Å². The Morgan fingerprint density at radius 3 is 2.45 bits per heavy atom. The number of carbonyl (C=O) groups excluding carboxylic acids is 1. The molecule has 4 heteroatoms. The van der Waals surface area contributed by atoms with E-state index < -0.39 is 0 Å². The number of aryl methyl sites for hydroxylation is 2. The molecule has 3 nitrogen and oxygen atoms in total. The molecule has 110 valence electrons. The zero-order chi connectivity index (χ0) is 15.5. The largest absolute Gasteiger partial charge is 0.322 e. The lowest BCUT2D eigenvalue weighted by Gasteiger charge is -2.08. The minimum Gasteiger partial charge on any atom is -0.322 e. The molecule has 0 atom stereocenters. The van der Waals surface area contributed by atoms with E-state index in [2.05, 4.69) is 10.3 Å². The molecule has 0 fully saturated rings. The molecular formula is C18H16N2OS. The normalized spacial score (nSPS) is 10.5. The van der Waals surface area contributed by atoms with Crippen LogP contribution in [0.2, 0.25) is 0 Å². The molecule has 2 heterocycles. The van der Waals surface area contributed by atoms with Gasteiger partial charge in [-0.15, -0.1) is 11.3 Å². The Balaban J connectivity index is 1.82. The Morgan fingerprint density at radius 1 is 1.05 bits per heavy atom. The molecule has 2 aromatic heterocycles. The van der Waals surface area contributed by atoms with E-state index in [0.717, 1.165) is 27.5 Å². The van der Waals surface area contributed by atoms with Gasteiger partial charge in [-0.25, -0.2) is 0 Å². The molecule has 0 spiro atoms. The lowest BCUT2D eigenvalue weighted by atomic mass is 10.1. The summed E-state index contributed by atoms with van der Waals surface area (Å²) in [7, 11) is 0. The van der Waals surface area contributed by atoms with Crippen molar-refractivity contribution in [2.75, 3.05) is 5.32 Å². The zero-order valence-corrected chi connectivity index (χ0v) is 13.3. The summed E-state index contributed by atoms with van der Waals surface area (Å²) in [5.41, 5.74) is 4.18. The number of hydrogen-bond donors (Lipinski definition) is 1. The topological polar surface area (TPSA) is 42.0 Å². The van der Waals surface area contributed by atoms with Crippen molar-refractivity contribution in [2.45, 2.75) is 13.8 Å². The highest BCUT2D eigenvalue weighted by Crippen LogP contribution is 2.24. The molecule has 3 rings (SSSR count). The Morgan fingerprint density at radius 2 is 1.82 bits per heavy atom. The summed E-state index contributed by atoms with van der Waals surface area (Å²) in [6.45, 7) is 3.88. The van der Waals surface area contributed by atoms with Crippen LogP contribution in [0.4, 0.5) is 5.69 Å². The summed E-state index contributed by atoms with van der Waals surface area (Å²) in [5.74, 6) is -0.133. The summed E-state index contributed by atoms with van der Waals surface area (Å²) in [4.78, 5) is 18.0. The third-order valence-corrected chi connectivity index (χ3v) is 4.31. The van der Waals surface area contributed by atoms with Gasteiger partial charge in [0, 0.05) is 5.69 Å². The minimum atomic E-state index is -0.133. The van der Waals surface area contributed by atoms with Gasteiger partial charge in [0.05, 0.1) is 21.8 Å². The van der Waals surface area contributed by atoms with Gasteiger partial charge in [0.2, 0.25) is 0 Å². The van der Waals surface area contributed by atoms with E-state index >= 15 is 0 Å². The smallest absolute Gasteiger partial charge is 0.257 e. The van der Waals surface area contributed by atoms with Gasteiger partial charge in [0.25, 0.3) is 5.91 Å². The maximum absolute atomic E-state index is 12.4. The molecular weight excluding hydrogens is 292 g/mol. The van der Waals surface area contributed by atoms with Crippen molar-refractivity contribution in [3.05, 3.63) is 70.7 Å². The monoisotopic (exact) mass is 308 g/mol. The van der Waals surface area contributed by atoms with Crippen molar-refractivity contribution >= 4 is 22.9 Å². The van der Waals surface area contributed by atoms with E-state index in [9.17, 15) is 4.79 Å². The van der Waals surface area contributed by atoms with E-state index in [-0.39, 0.29) is 5.91 Å². The molecule has 0 radical (unpaired) electrons. The fourth-order valence-corrected chi connectivity index (χ4v) is 2.89. The average Bonchev–Trinajstić information content (AvgIpc) is 3.03. The second-order valence-corrected chi connectivity index (χ2v) is 6.07. The van der Waals surface area contributed by atoms with Crippen LogP contribution in [0, 0.1) is 13.8 Å². The van der Waals surface area contributed by atoms with E-state index in [1.807, 2.05) is 67.8 Å². The number of rotatable bonds is 3. The van der Waals surface area contributed by atoms with E-state index in [1.165, 1.54) is 0 Å². The first kappa shape index (κ1) is 14.5. The predicted octanol–water partition coefficient (Wildman–Crippen LogP) is 4.68. The van der Waals surface area contributed by atoms with Crippen molar-refractivity contribution in [1.29, 1.82) is 0 Å². The van der Waals surface area contributed by atoms with Crippen LogP contribution in [-0.2, 0) is 0 Å². The van der Waals surface area contributed by atoms with Crippen molar-refractivity contribution in [3.8, 4) is 10.6 Å². The summed E-state index contributed by atoms with van der Waals surface area (Å²) in [5, 5.41) is 4.92. The molecule has 0 aliphatic rings. The van der Waals surface area contributed by atoms with Crippen molar-refractivity contribution in [2.24, 2.45) is 0 Å². The SMILES string of the molecule is Cc1ccc(NC(=O)c2ccc(-c3cccs3)nc2C)cc1. The highest BCUT2D eigenvalue weighted by Gasteiger charge is 2.12. The van der Waals surface area contributed by atoms with Crippen LogP contribution in [0.25, 0.3) is 10.6 Å². The number of hydrogen-bond acceptors (Lipinski definition) is 3. The van der Waals surface area contributed by atoms with Gasteiger partial charge in [-0.05, 0) is 49.6 Å². The number of amides is 1. The Hall–Kier alpha value is -2.46. The zero-order valence-electron chi connectivity index (χ0n) is 12.5. The Kier molecular flexibility index (Phi) is 4.02. The van der Waals surface area contributed by atoms with Crippen molar-refractivity contribution < 1.29 is 4.79 Å². The first-order chi connectivity index (χ1) is 10.6. The Labute approximate surface area is 133 Å². The molecule has 1 amide bonds. The maximum atomic E-state index is 12.4. The van der Waals surface area contributed by atoms with Gasteiger partial charge in [0.1, 0.15) is 0 Å². The third kappa shape index (κ3) is 3.07. The molecule has 0 aliphatic carbocycles. The number of anilines is 1. The number of nitrogens with one attached hydrogen (secondary N) is 1. The second kappa shape index (κ2) is 6.12. The van der Waals surface area contributed by atoms with Crippen LogP contribution in [0.5, 0.6) is 0 Å². The van der Waals surface area contributed by atoms with E-state index in [0.29, 0.717) is 5.56 Å². The molecule has 0 saturated carbocycles. The quantitative estimate of drug-likeness (QED) is 0.763. The highest BCUT2D eigenvalue weighted by molar-refractivity contribution is 7.13. The fourth-order valence-electron chi connectivity index (χ4n) is 2.20. The number of benzene rings is 1. The molecule has 1 N–H and O–H groups in total. The molecule has 0 saturated heterocycles. The van der Waals surface area contributed by atoms with Gasteiger partial charge in [-0.1, -0.05) is 23.8 Å². The fraction of sp³-hybridized carbons (Fsp3) is 0.111. The predicted molar refractivity (Wildman–Crippen MR) is 91.4 cm³/mol. The van der Waals surface area contributed by atoms with Crippen LogP contribution in [-0.4, -0.2) is 10.9 Å². The van der Waals surface area contributed by atoms with Crippen LogP contribution >= 0.6 is 11.3 Å². The van der Waals surface area contributed by atoms with Crippen molar-refractivity contribution in [1.82, 2.24) is 4.98 Å². The van der Waals surface area contributed by atoms with Gasteiger partial charge >= 0.3 is 0 Å². The summed E-state index contributed by atoms with van der Waals surface area (Å²) in [6.07, 6.45) is 0. The van der Waals surface area contributed by atoms with Gasteiger partial charge in [0.15, 0.2) is 0 Å². The summed E-state index contributed by atoms with van der Waals surface area (Å²) in [6, 6.07) is 15.5. The first-order valence-electron chi connectivity index (χ1n) is 7.03. The molecule has 22 heavy (non-hydrogen) atoms. The van der Waals surface area contributed by atoms with Gasteiger partial charge in [-0.2, -0.15) is 0 Å². The van der Waals surface area contributed by atoms with Crippen molar-refractivity contribution in [3.63, 3.8) is 0 Å². The number of nitrogens with zero attached hydrogens (tertiary/aromatic N) is 1. The van der Waals surface area contributed by atoms with Crippen LogP contribution < -0.4 is 5.32 Å². The highest BCUT2D eigenvalue weighted by atomic mass is 32.1. The molecule has 0 unspecified atom stereocenters.